The van der Waals surface area contributed by atoms with Crippen molar-refractivity contribution in [2.75, 3.05) is 13.1 Å². The fraction of sp³-hybridized carbons (Fsp3) is 0.429. The Morgan fingerprint density at radius 2 is 2.04 bits per heavy atom. The summed E-state index contributed by atoms with van der Waals surface area (Å²) in [5.41, 5.74) is -0.994. The molecule has 1 unspecified atom stereocenters. The zero-order chi connectivity index (χ0) is 17.5. The van der Waals surface area contributed by atoms with E-state index in [1.807, 2.05) is 0 Å². The average molecular weight is 361 g/mol. The molecule has 0 bridgehead atoms. The molecule has 130 valence electrons. The normalized spacial score (nSPS) is 19.8. The Hall–Kier alpha value is -1.94. The highest BCUT2D eigenvalue weighted by atomic mass is 32.2. The summed E-state index contributed by atoms with van der Waals surface area (Å²) in [6.07, 6.45) is -4.12. The number of aryl methyl sites for hydroxylation is 1. The summed E-state index contributed by atoms with van der Waals surface area (Å²) >= 11 is 0. The van der Waals surface area contributed by atoms with Gasteiger partial charge in [0.1, 0.15) is 0 Å². The third-order valence-corrected chi connectivity index (χ3v) is 5.70. The molecule has 2 aromatic rings. The second-order valence-electron chi connectivity index (χ2n) is 5.53. The lowest BCUT2D eigenvalue weighted by molar-refractivity contribution is -0.137. The van der Waals surface area contributed by atoms with E-state index in [-0.39, 0.29) is 23.9 Å². The van der Waals surface area contributed by atoms with Gasteiger partial charge in [0.15, 0.2) is 0 Å². The summed E-state index contributed by atoms with van der Waals surface area (Å²) in [5.74, 6) is 0.463. The van der Waals surface area contributed by atoms with Crippen molar-refractivity contribution in [1.29, 1.82) is 0 Å². The molecule has 3 rings (SSSR count). The van der Waals surface area contributed by atoms with Crippen molar-refractivity contribution in [3.63, 3.8) is 0 Å². The molecule has 1 aromatic heterocycles. The smallest absolute Gasteiger partial charge is 0.416 e. The van der Waals surface area contributed by atoms with E-state index in [1.165, 1.54) is 0 Å². The lowest BCUT2D eigenvalue weighted by Crippen LogP contribution is -2.29. The first kappa shape index (κ1) is 16.9. The van der Waals surface area contributed by atoms with Gasteiger partial charge in [-0.25, -0.2) is 8.42 Å². The summed E-state index contributed by atoms with van der Waals surface area (Å²) in [4.78, 5) is -0.375. The fourth-order valence-corrected chi connectivity index (χ4v) is 4.15. The molecule has 6 nitrogen and oxygen atoms in total. The van der Waals surface area contributed by atoms with Crippen LogP contribution in [0.4, 0.5) is 13.2 Å². The monoisotopic (exact) mass is 361 g/mol. The molecule has 1 aromatic carbocycles. The molecule has 1 saturated heterocycles. The standard InChI is InChI=1S/C14H14F3N3O3S/c1-9-18-19-13(23-9)10-5-6-20(8-10)24(21,22)12-4-2-3-11(7-12)14(15,16)17/h2-4,7,10H,5-6,8H2,1H3. The molecular weight excluding hydrogens is 347 g/mol. The lowest BCUT2D eigenvalue weighted by atomic mass is 10.1. The number of nitrogens with zero attached hydrogens (tertiary/aromatic N) is 3. The van der Waals surface area contributed by atoms with Gasteiger partial charge in [-0.1, -0.05) is 6.07 Å². The molecule has 0 radical (unpaired) electrons. The van der Waals surface area contributed by atoms with Crippen LogP contribution in [0.5, 0.6) is 0 Å². The van der Waals surface area contributed by atoms with Crippen LogP contribution in [0.2, 0.25) is 0 Å². The van der Waals surface area contributed by atoms with Gasteiger partial charge in [-0.3, -0.25) is 0 Å². The highest BCUT2D eigenvalue weighted by Crippen LogP contribution is 2.33. The van der Waals surface area contributed by atoms with Gasteiger partial charge in [-0.2, -0.15) is 17.5 Å². The van der Waals surface area contributed by atoms with E-state index in [4.69, 9.17) is 4.42 Å². The largest absolute Gasteiger partial charge is 0.425 e. The first-order valence-corrected chi connectivity index (χ1v) is 8.59. The third kappa shape index (κ3) is 3.16. The Morgan fingerprint density at radius 1 is 1.29 bits per heavy atom. The molecule has 0 spiro atoms. The number of hydrogen-bond acceptors (Lipinski definition) is 5. The highest BCUT2D eigenvalue weighted by Gasteiger charge is 2.37. The Kier molecular flexibility index (Phi) is 4.12. The number of benzene rings is 1. The molecule has 2 heterocycles. The maximum atomic E-state index is 12.8. The van der Waals surface area contributed by atoms with E-state index >= 15 is 0 Å². The lowest BCUT2D eigenvalue weighted by Gasteiger charge is -2.17. The predicted molar refractivity (Wildman–Crippen MR) is 76.6 cm³/mol. The van der Waals surface area contributed by atoms with Crippen LogP contribution in [-0.4, -0.2) is 36.0 Å². The zero-order valence-corrected chi connectivity index (χ0v) is 13.4. The van der Waals surface area contributed by atoms with Crippen molar-refractivity contribution in [2.24, 2.45) is 0 Å². The van der Waals surface area contributed by atoms with Gasteiger partial charge in [-0.05, 0) is 24.6 Å². The number of hydrogen-bond donors (Lipinski definition) is 0. The van der Waals surface area contributed by atoms with Crippen LogP contribution in [0.25, 0.3) is 0 Å². The Balaban J connectivity index is 1.84. The van der Waals surface area contributed by atoms with Crippen LogP contribution >= 0.6 is 0 Å². The average Bonchev–Trinajstić information content (AvgIpc) is 3.15. The van der Waals surface area contributed by atoms with Gasteiger partial charge in [0.25, 0.3) is 0 Å². The highest BCUT2D eigenvalue weighted by molar-refractivity contribution is 7.89. The van der Waals surface area contributed by atoms with Crippen molar-refractivity contribution in [3.8, 4) is 0 Å². The number of halogens is 3. The van der Waals surface area contributed by atoms with Crippen molar-refractivity contribution in [3.05, 3.63) is 41.6 Å². The van der Waals surface area contributed by atoms with Gasteiger partial charge in [0.2, 0.25) is 21.8 Å². The van der Waals surface area contributed by atoms with E-state index in [0.717, 1.165) is 22.5 Å². The zero-order valence-electron chi connectivity index (χ0n) is 12.6. The maximum Gasteiger partial charge on any atom is 0.416 e. The van der Waals surface area contributed by atoms with E-state index in [2.05, 4.69) is 10.2 Å². The molecule has 1 atom stereocenters. The fourth-order valence-electron chi connectivity index (χ4n) is 2.61. The Morgan fingerprint density at radius 3 is 2.67 bits per heavy atom. The minimum absolute atomic E-state index is 0.0974. The van der Waals surface area contributed by atoms with Gasteiger partial charge in [0.05, 0.1) is 16.4 Å². The second-order valence-corrected chi connectivity index (χ2v) is 7.47. The quantitative estimate of drug-likeness (QED) is 0.840. The number of aromatic nitrogens is 2. The molecule has 1 aliphatic heterocycles. The Labute approximate surface area is 136 Å². The van der Waals surface area contributed by atoms with Gasteiger partial charge in [0, 0.05) is 20.0 Å². The topological polar surface area (TPSA) is 76.3 Å². The summed E-state index contributed by atoms with van der Waals surface area (Å²) in [6, 6.07) is 3.74. The molecule has 1 fully saturated rings. The summed E-state index contributed by atoms with van der Waals surface area (Å²) in [5, 5.41) is 7.58. The molecule has 0 amide bonds. The van der Waals surface area contributed by atoms with Crippen molar-refractivity contribution in [2.45, 2.75) is 30.3 Å². The van der Waals surface area contributed by atoms with Crippen molar-refractivity contribution < 1.29 is 26.0 Å². The SMILES string of the molecule is Cc1nnc(C2CCN(S(=O)(=O)c3cccc(C(F)(F)F)c3)C2)o1. The molecule has 10 heteroatoms. The summed E-state index contributed by atoms with van der Waals surface area (Å²) in [6.45, 7) is 1.91. The molecule has 0 N–H and O–H groups in total. The molecule has 1 aliphatic rings. The molecule has 0 aliphatic carbocycles. The van der Waals surface area contributed by atoms with Crippen LogP contribution in [0, 0.1) is 6.92 Å². The predicted octanol–water partition coefficient (Wildman–Crippen LogP) is 2.58. The van der Waals surface area contributed by atoms with Crippen LogP contribution in [-0.2, 0) is 16.2 Å². The van der Waals surface area contributed by atoms with Gasteiger partial charge >= 0.3 is 6.18 Å². The number of alkyl halides is 3. The van der Waals surface area contributed by atoms with Gasteiger partial charge < -0.3 is 4.42 Å². The third-order valence-electron chi connectivity index (χ3n) is 3.84. The van der Waals surface area contributed by atoms with Crippen LogP contribution in [0.15, 0.2) is 33.6 Å². The minimum atomic E-state index is -4.60. The van der Waals surface area contributed by atoms with E-state index < -0.39 is 21.8 Å². The first-order valence-electron chi connectivity index (χ1n) is 7.15. The van der Waals surface area contributed by atoms with E-state index in [9.17, 15) is 21.6 Å². The van der Waals surface area contributed by atoms with E-state index in [1.54, 1.807) is 6.92 Å². The van der Waals surface area contributed by atoms with E-state index in [0.29, 0.717) is 24.3 Å². The van der Waals surface area contributed by atoms with Crippen molar-refractivity contribution >= 4 is 10.0 Å². The second kappa shape index (κ2) is 5.85. The Bertz CT molecular complexity index is 848. The summed E-state index contributed by atoms with van der Waals surface area (Å²) < 4.78 is 70.0. The molecule has 24 heavy (non-hydrogen) atoms. The van der Waals surface area contributed by atoms with Crippen LogP contribution in [0.1, 0.15) is 29.7 Å². The van der Waals surface area contributed by atoms with Crippen molar-refractivity contribution in [1.82, 2.24) is 14.5 Å². The van der Waals surface area contributed by atoms with Gasteiger partial charge in [-0.15, -0.1) is 10.2 Å². The maximum absolute atomic E-state index is 12.8. The molecular formula is C14H14F3N3O3S. The van der Waals surface area contributed by atoms with Crippen LogP contribution in [0.3, 0.4) is 0 Å². The number of sulfonamides is 1. The molecule has 0 saturated carbocycles. The first-order chi connectivity index (χ1) is 11.2. The summed E-state index contributed by atoms with van der Waals surface area (Å²) in [7, 11) is -4.01. The number of rotatable bonds is 3. The minimum Gasteiger partial charge on any atom is -0.425 e. The van der Waals surface area contributed by atoms with Crippen LogP contribution < -0.4 is 0 Å².